The number of nitrogens with zero attached hydrogens (tertiary/aromatic N) is 2. The number of hydrogen-bond acceptors (Lipinski definition) is 3. The quantitative estimate of drug-likeness (QED) is 0.593. The molecule has 6 nitrogen and oxygen atoms in total. The Morgan fingerprint density at radius 3 is 2.92 bits per heavy atom. The Labute approximate surface area is 147 Å². The predicted molar refractivity (Wildman–Crippen MR) is 96.6 cm³/mol. The molecule has 26 heavy (non-hydrogen) atoms. The minimum absolute atomic E-state index is 0.218. The van der Waals surface area contributed by atoms with Crippen LogP contribution in [-0.4, -0.2) is 27.0 Å². The van der Waals surface area contributed by atoms with Crippen LogP contribution < -0.4 is 10.9 Å². The molecule has 0 aliphatic heterocycles. The van der Waals surface area contributed by atoms with Crippen LogP contribution in [-0.2, 0) is 6.54 Å². The monoisotopic (exact) mass is 350 g/mol. The van der Waals surface area contributed by atoms with Crippen molar-refractivity contribution >= 4 is 27.7 Å². The Morgan fingerprint density at radius 1 is 1.19 bits per heavy atom. The molecular formula is C19H15FN4O2. The van der Waals surface area contributed by atoms with Crippen LogP contribution in [0.3, 0.4) is 0 Å². The molecule has 130 valence electrons. The zero-order valence-electron chi connectivity index (χ0n) is 13.7. The lowest BCUT2D eigenvalue weighted by molar-refractivity contribution is 0.0954. The number of H-pyrrole nitrogens is 1. The normalized spacial score (nSPS) is 11.1. The first-order valence-corrected chi connectivity index (χ1v) is 8.12. The second-order valence-electron chi connectivity index (χ2n) is 5.91. The maximum absolute atomic E-state index is 13.4. The maximum Gasteiger partial charge on any atom is 0.261 e. The number of halogens is 1. The van der Waals surface area contributed by atoms with Gasteiger partial charge in [-0.05, 0) is 24.3 Å². The molecule has 0 unspecified atom stereocenters. The molecular weight excluding hydrogens is 335 g/mol. The molecule has 2 heterocycles. The van der Waals surface area contributed by atoms with Crippen LogP contribution >= 0.6 is 0 Å². The second kappa shape index (κ2) is 6.44. The summed E-state index contributed by atoms with van der Waals surface area (Å²) in [5.74, 6) is -0.711. The summed E-state index contributed by atoms with van der Waals surface area (Å²) in [4.78, 5) is 32.0. The highest BCUT2D eigenvalue weighted by Gasteiger charge is 2.11. The number of rotatable bonds is 4. The van der Waals surface area contributed by atoms with Crippen molar-refractivity contribution in [3.05, 3.63) is 76.7 Å². The highest BCUT2D eigenvalue weighted by Crippen LogP contribution is 2.17. The van der Waals surface area contributed by atoms with Gasteiger partial charge in [0.1, 0.15) is 5.82 Å². The van der Waals surface area contributed by atoms with E-state index in [1.165, 1.54) is 29.1 Å². The highest BCUT2D eigenvalue weighted by molar-refractivity contribution is 6.06. The van der Waals surface area contributed by atoms with Gasteiger partial charge in [-0.1, -0.05) is 18.2 Å². The number of aromatic nitrogens is 3. The fraction of sp³-hybridized carbons (Fsp3) is 0.105. The highest BCUT2D eigenvalue weighted by atomic mass is 19.1. The SMILES string of the molecule is O=C(NCCn1cnc2ccc(F)cc2c1=O)c1c[nH]c2ccccc12. The molecule has 2 aromatic carbocycles. The summed E-state index contributed by atoms with van der Waals surface area (Å²) < 4.78 is 14.7. The number of para-hydroxylation sites is 1. The number of carbonyl (C=O) groups excluding carboxylic acids is 1. The van der Waals surface area contributed by atoms with Gasteiger partial charge in [0, 0.05) is 30.2 Å². The number of amides is 1. The van der Waals surface area contributed by atoms with Gasteiger partial charge in [-0.15, -0.1) is 0 Å². The van der Waals surface area contributed by atoms with Crippen molar-refractivity contribution < 1.29 is 9.18 Å². The molecule has 0 atom stereocenters. The summed E-state index contributed by atoms with van der Waals surface area (Å²) in [6.07, 6.45) is 3.06. The van der Waals surface area contributed by atoms with Crippen molar-refractivity contribution in [2.24, 2.45) is 0 Å². The third-order valence-corrected chi connectivity index (χ3v) is 4.26. The fourth-order valence-corrected chi connectivity index (χ4v) is 2.93. The predicted octanol–water partition coefficient (Wildman–Crippen LogP) is 2.45. The first-order valence-electron chi connectivity index (χ1n) is 8.12. The summed E-state index contributed by atoms with van der Waals surface area (Å²) >= 11 is 0. The smallest absolute Gasteiger partial charge is 0.261 e. The van der Waals surface area contributed by atoms with Gasteiger partial charge in [0.2, 0.25) is 0 Å². The number of fused-ring (bicyclic) bond motifs is 2. The number of hydrogen-bond donors (Lipinski definition) is 2. The van der Waals surface area contributed by atoms with Crippen LogP contribution in [0.5, 0.6) is 0 Å². The van der Waals surface area contributed by atoms with E-state index in [1.807, 2.05) is 24.3 Å². The maximum atomic E-state index is 13.4. The Bertz CT molecular complexity index is 1180. The van der Waals surface area contributed by atoms with E-state index in [-0.39, 0.29) is 29.9 Å². The zero-order valence-corrected chi connectivity index (χ0v) is 13.7. The van der Waals surface area contributed by atoms with Gasteiger partial charge in [0.05, 0.1) is 22.8 Å². The molecule has 0 spiro atoms. The lowest BCUT2D eigenvalue weighted by Crippen LogP contribution is -2.31. The lowest BCUT2D eigenvalue weighted by atomic mass is 10.1. The van der Waals surface area contributed by atoms with E-state index in [2.05, 4.69) is 15.3 Å². The molecule has 7 heteroatoms. The van der Waals surface area contributed by atoms with E-state index in [0.29, 0.717) is 11.1 Å². The number of benzene rings is 2. The topological polar surface area (TPSA) is 79.8 Å². The molecule has 0 saturated heterocycles. The molecule has 0 aliphatic carbocycles. The van der Waals surface area contributed by atoms with Crippen LogP contribution in [0.4, 0.5) is 4.39 Å². The van der Waals surface area contributed by atoms with Crippen LogP contribution in [0.2, 0.25) is 0 Å². The fourth-order valence-electron chi connectivity index (χ4n) is 2.93. The van der Waals surface area contributed by atoms with E-state index >= 15 is 0 Å². The average molecular weight is 350 g/mol. The standard InChI is InChI=1S/C19H15FN4O2/c20-12-5-6-17-14(9-12)19(26)24(11-23-17)8-7-21-18(25)15-10-22-16-4-2-1-3-13(15)16/h1-6,9-11,22H,7-8H2,(H,21,25). The Hall–Kier alpha value is -3.48. The summed E-state index contributed by atoms with van der Waals surface area (Å²) in [7, 11) is 0. The molecule has 0 bridgehead atoms. The van der Waals surface area contributed by atoms with Gasteiger partial charge in [0.25, 0.3) is 11.5 Å². The van der Waals surface area contributed by atoms with E-state index < -0.39 is 5.82 Å². The van der Waals surface area contributed by atoms with Gasteiger partial charge in [-0.25, -0.2) is 9.37 Å². The zero-order chi connectivity index (χ0) is 18.1. The Kier molecular flexibility index (Phi) is 3.96. The van der Waals surface area contributed by atoms with E-state index in [0.717, 1.165) is 10.9 Å². The molecule has 2 N–H and O–H groups in total. The summed E-state index contributed by atoms with van der Waals surface area (Å²) in [5, 5.41) is 3.85. The van der Waals surface area contributed by atoms with Gasteiger partial charge in [0.15, 0.2) is 0 Å². The van der Waals surface area contributed by atoms with Crippen molar-refractivity contribution in [3.63, 3.8) is 0 Å². The van der Waals surface area contributed by atoms with Gasteiger partial charge in [-0.3, -0.25) is 14.2 Å². The molecule has 4 aromatic rings. The summed E-state index contributed by atoms with van der Waals surface area (Å²) in [6.45, 7) is 0.493. The summed E-state index contributed by atoms with van der Waals surface area (Å²) in [5.41, 5.74) is 1.53. The largest absolute Gasteiger partial charge is 0.360 e. The lowest BCUT2D eigenvalue weighted by Gasteiger charge is -2.08. The average Bonchev–Trinajstić information content (AvgIpc) is 3.08. The minimum Gasteiger partial charge on any atom is -0.360 e. The van der Waals surface area contributed by atoms with Crippen LogP contribution in [0.1, 0.15) is 10.4 Å². The summed E-state index contributed by atoms with van der Waals surface area (Å²) in [6, 6.07) is 11.4. The van der Waals surface area contributed by atoms with E-state index in [4.69, 9.17) is 0 Å². The molecule has 0 fully saturated rings. The second-order valence-corrected chi connectivity index (χ2v) is 5.91. The van der Waals surface area contributed by atoms with Crippen molar-refractivity contribution in [2.75, 3.05) is 6.54 Å². The van der Waals surface area contributed by atoms with Crippen molar-refractivity contribution in [1.29, 1.82) is 0 Å². The van der Waals surface area contributed by atoms with E-state index in [1.54, 1.807) is 6.20 Å². The van der Waals surface area contributed by atoms with Crippen LogP contribution in [0.15, 0.2) is 59.8 Å². The van der Waals surface area contributed by atoms with Crippen molar-refractivity contribution in [2.45, 2.75) is 6.54 Å². The first-order chi connectivity index (χ1) is 12.6. The van der Waals surface area contributed by atoms with Gasteiger partial charge >= 0.3 is 0 Å². The van der Waals surface area contributed by atoms with Crippen LogP contribution in [0, 0.1) is 5.82 Å². The first kappa shape index (κ1) is 16.0. The molecule has 2 aromatic heterocycles. The number of nitrogens with one attached hydrogen (secondary N) is 2. The third kappa shape index (κ3) is 2.83. The molecule has 0 radical (unpaired) electrons. The Morgan fingerprint density at radius 2 is 2.04 bits per heavy atom. The Balaban J connectivity index is 1.49. The minimum atomic E-state index is -0.484. The van der Waals surface area contributed by atoms with Gasteiger partial charge < -0.3 is 10.3 Å². The molecule has 0 saturated carbocycles. The van der Waals surface area contributed by atoms with Crippen molar-refractivity contribution in [3.8, 4) is 0 Å². The van der Waals surface area contributed by atoms with Gasteiger partial charge in [-0.2, -0.15) is 0 Å². The third-order valence-electron chi connectivity index (χ3n) is 4.26. The molecule has 4 rings (SSSR count). The molecule has 0 aliphatic rings. The molecule has 1 amide bonds. The number of aromatic amines is 1. The van der Waals surface area contributed by atoms with Crippen molar-refractivity contribution in [1.82, 2.24) is 19.9 Å². The van der Waals surface area contributed by atoms with E-state index in [9.17, 15) is 14.0 Å². The van der Waals surface area contributed by atoms with Crippen LogP contribution in [0.25, 0.3) is 21.8 Å². The number of carbonyl (C=O) groups is 1.